The molecule has 14 heavy (non-hydrogen) atoms. The van der Waals surface area contributed by atoms with Crippen molar-refractivity contribution in [1.29, 1.82) is 0 Å². The molecule has 1 rings (SSSR count). The Hall–Kier alpha value is -0.620. The number of hydrogen-bond donors (Lipinski definition) is 0. The van der Waals surface area contributed by atoms with Gasteiger partial charge in [0.2, 0.25) is 5.91 Å². The summed E-state index contributed by atoms with van der Waals surface area (Å²) < 4.78 is 27.0. The van der Waals surface area contributed by atoms with E-state index in [0.29, 0.717) is 6.42 Å². The molecular formula is C8H15NO4S. The second kappa shape index (κ2) is 4.27. The SMILES string of the molecule is COCC(=O)N(C)[C@@H]1CCS(=O)(=O)C1. The summed E-state index contributed by atoms with van der Waals surface area (Å²) in [7, 11) is 0.136. The van der Waals surface area contributed by atoms with Crippen LogP contribution >= 0.6 is 0 Å². The summed E-state index contributed by atoms with van der Waals surface area (Å²) in [6.07, 6.45) is 0.536. The third kappa shape index (κ3) is 2.68. The van der Waals surface area contributed by atoms with E-state index in [-0.39, 0.29) is 30.1 Å². The fraction of sp³-hybridized carbons (Fsp3) is 0.875. The Morgan fingerprint density at radius 1 is 1.57 bits per heavy atom. The lowest BCUT2D eigenvalue weighted by atomic mass is 10.2. The number of methoxy groups -OCH3 is 1. The van der Waals surface area contributed by atoms with Gasteiger partial charge in [-0.25, -0.2) is 8.42 Å². The maximum Gasteiger partial charge on any atom is 0.248 e. The van der Waals surface area contributed by atoms with E-state index >= 15 is 0 Å². The average Bonchev–Trinajstić information content (AvgIpc) is 2.45. The molecule has 0 aromatic rings. The lowest BCUT2D eigenvalue weighted by Gasteiger charge is -2.22. The van der Waals surface area contributed by atoms with Gasteiger partial charge in [-0.15, -0.1) is 0 Å². The van der Waals surface area contributed by atoms with E-state index in [1.807, 2.05) is 0 Å². The summed E-state index contributed by atoms with van der Waals surface area (Å²) in [4.78, 5) is 12.8. The lowest BCUT2D eigenvalue weighted by molar-refractivity contribution is -0.135. The number of hydrogen-bond acceptors (Lipinski definition) is 4. The molecule has 6 heteroatoms. The quantitative estimate of drug-likeness (QED) is 0.631. The highest BCUT2D eigenvalue weighted by Gasteiger charge is 2.32. The van der Waals surface area contributed by atoms with Gasteiger partial charge in [0.05, 0.1) is 11.5 Å². The zero-order valence-electron chi connectivity index (χ0n) is 8.39. The average molecular weight is 221 g/mol. The van der Waals surface area contributed by atoms with Crippen LogP contribution in [0.4, 0.5) is 0 Å². The molecule has 0 unspecified atom stereocenters. The normalized spacial score (nSPS) is 24.9. The first kappa shape index (κ1) is 11.5. The maximum absolute atomic E-state index is 11.3. The number of nitrogens with zero attached hydrogens (tertiary/aromatic N) is 1. The molecule has 0 saturated carbocycles. The Balaban J connectivity index is 2.55. The van der Waals surface area contributed by atoms with E-state index in [2.05, 4.69) is 0 Å². The Morgan fingerprint density at radius 2 is 2.21 bits per heavy atom. The summed E-state index contributed by atoms with van der Waals surface area (Å²) in [5, 5.41) is 0. The van der Waals surface area contributed by atoms with Crippen LogP contribution in [0, 0.1) is 0 Å². The zero-order chi connectivity index (χ0) is 10.8. The standard InChI is InChI=1S/C8H15NO4S/c1-9(8(10)5-13-2)7-3-4-14(11,12)6-7/h7H,3-6H2,1-2H3/t7-/m1/s1. The van der Waals surface area contributed by atoms with E-state index in [1.165, 1.54) is 12.0 Å². The molecule has 1 amide bonds. The number of ether oxygens (including phenoxy) is 1. The van der Waals surface area contributed by atoms with Crippen molar-refractivity contribution in [3.8, 4) is 0 Å². The van der Waals surface area contributed by atoms with Crippen LogP contribution in [0.25, 0.3) is 0 Å². The third-order valence-electron chi connectivity index (χ3n) is 2.42. The van der Waals surface area contributed by atoms with Crippen molar-refractivity contribution >= 4 is 15.7 Å². The first-order valence-electron chi connectivity index (χ1n) is 4.41. The first-order chi connectivity index (χ1) is 6.46. The van der Waals surface area contributed by atoms with Gasteiger partial charge in [0.25, 0.3) is 0 Å². The molecule has 1 aliphatic heterocycles. The Bertz CT molecular complexity index is 311. The predicted molar refractivity (Wildman–Crippen MR) is 51.7 cm³/mol. The molecule has 1 saturated heterocycles. The molecule has 0 aromatic heterocycles. The lowest BCUT2D eigenvalue weighted by Crippen LogP contribution is -2.39. The van der Waals surface area contributed by atoms with E-state index in [1.54, 1.807) is 7.05 Å². The van der Waals surface area contributed by atoms with Crippen molar-refractivity contribution in [2.75, 3.05) is 32.3 Å². The monoisotopic (exact) mass is 221 g/mol. The number of carbonyl (C=O) groups is 1. The molecule has 82 valence electrons. The van der Waals surface area contributed by atoms with Crippen LogP contribution in [0.5, 0.6) is 0 Å². The van der Waals surface area contributed by atoms with Crippen LogP contribution in [0.1, 0.15) is 6.42 Å². The number of amides is 1. The van der Waals surface area contributed by atoms with Gasteiger partial charge in [0.1, 0.15) is 6.61 Å². The minimum Gasteiger partial charge on any atom is -0.375 e. The topological polar surface area (TPSA) is 63.7 Å². The van der Waals surface area contributed by atoms with Crippen LogP contribution in [0.2, 0.25) is 0 Å². The van der Waals surface area contributed by atoms with Crippen LogP contribution in [0.3, 0.4) is 0 Å². The molecule has 1 atom stereocenters. The molecule has 0 aromatic carbocycles. The van der Waals surface area contributed by atoms with Crippen molar-refractivity contribution in [2.45, 2.75) is 12.5 Å². The van der Waals surface area contributed by atoms with Crippen molar-refractivity contribution in [1.82, 2.24) is 4.90 Å². The summed E-state index contributed by atoms with van der Waals surface area (Å²) in [5.74, 6) is 0.0934. The highest BCUT2D eigenvalue weighted by atomic mass is 32.2. The molecule has 1 aliphatic rings. The third-order valence-corrected chi connectivity index (χ3v) is 4.17. The minimum absolute atomic E-state index is 0.00699. The van der Waals surface area contributed by atoms with Crippen molar-refractivity contribution in [3.05, 3.63) is 0 Å². The minimum atomic E-state index is -2.92. The molecule has 0 bridgehead atoms. The fourth-order valence-corrected chi connectivity index (χ4v) is 3.28. The Kier molecular flexibility index (Phi) is 3.49. The van der Waals surface area contributed by atoms with E-state index < -0.39 is 9.84 Å². The Morgan fingerprint density at radius 3 is 2.64 bits per heavy atom. The van der Waals surface area contributed by atoms with E-state index in [0.717, 1.165) is 0 Å². The molecule has 0 radical (unpaired) electrons. The van der Waals surface area contributed by atoms with Crippen LogP contribution in [-0.4, -0.2) is 57.5 Å². The fourth-order valence-electron chi connectivity index (χ4n) is 1.51. The highest BCUT2D eigenvalue weighted by Crippen LogP contribution is 2.16. The smallest absolute Gasteiger partial charge is 0.248 e. The predicted octanol–water partition coefficient (Wildman–Crippen LogP) is -0.722. The van der Waals surface area contributed by atoms with Gasteiger partial charge in [0, 0.05) is 20.2 Å². The van der Waals surface area contributed by atoms with Gasteiger partial charge >= 0.3 is 0 Å². The largest absolute Gasteiger partial charge is 0.375 e. The number of rotatable bonds is 3. The molecule has 0 N–H and O–H groups in total. The summed E-state index contributed by atoms with van der Waals surface area (Å²) in [6.45, 7) is 0.00699. The number of likely N-dealkylation sites (N-methyl/N-ethyl adjacent to an activating group) is 1. The van der Waals surface area contributed by atoms with Gasteiger partial charge in [-0.3, -0.25) is 4.79 Å². The maximum atomic E-state index is 11.3. The zero-order valence-corrected chi connectivity index (χ0v) is 9.21. The highest BCUT2D eigenvalue weighted by molar-refractivity contribution is 7.91. The van der Waals surface area contributed by atoms with Crippen LogP contribution in [0.15, 0.2) is 0 Å². The van der Waals surface area contributed by atoms with Crippen molar-refractivity contribution in [2.24, 2.45) is 0 Å². The van der Waals surface area contributed by atoms with E-state index in [4.69, 9.17) is 4.74 Å². The van der Waals surface area contributed by atoms with Crippen molar-refractivity contribution < 1.29 is 17.9 Å². The number of sulfone groups is 1. The van der Waals surface area contributed by atoms with E-state index in [9.17, 15) is 13.2 Å². The molecule has 1 fully saturated rings. The number of carbonyl (C=O) groups excluding carboxylic acids is 1. The van der Waals surface area contributed by atoms with Crippen molar-refractivity contribution in [3.63, 3.8) is 0 Å². The van der Waals surface area contributed by atoms with Gasteiger partial charge in [0.15, 0.2) is 9.84 Å². The molecule has 0 spiro atoms. The van der Waals surface area contributed by atoms with Gasteiger partial charge in [-0.2, -0.15) is 0 Å². The van der Waals surface area contributed by atoms with Gasteiger partial charge < -0.3 is 9.64 Å². The van der Waals surface area contributed by atoms with Gasteiger partial charge in [-0.1, -0.05) is 0 Å². The molecule has 0 aliphatic carbocycles. The first-order valence-corrected chi connectivity index (χ1v) is 6.23. The molecule has 5 nitrogen and oxygen atoms in total. The molecular weight excluding hydrogens is 206 g/mol. The second-order valence-electron chi connectivity index (χ2n) is 3.49. The molecule has 1 heterocycles. The summed E-state index contributed by atoms with van der Waals surface area (Å²) in [5.41, 5.74) is 0. The summed E-state index contributed by atoms with van der Waals surface area (Å²) in [6, 6.07) is -0.178. The van der Waals surface area contributed by atoms with Crippen LogP contribution in [-0.2, 0) is 19.4 Å². The second-order valence-corrected chi connectivity index (χ2v) is 5.72. The van der Waals surface area contributed by atoms with Gasteiger partial charge in [-0.05, 0) is 6.42 Å². The van der Waals surface area contributed by atoms with Crippen LogP contribution < -0.4 is 0 Å². The summed E-state index contributed by atoms with van der Waals surface area (Å²) >= 11 is 0. The Labute approximate surface area is 83.9 Å².